The van der Waals surface area contributed by atoms with E-state index in [4.69, 9.17) is 18.5 Å². The molecule has 10 heteroatoms. The lowest BCUT2D eigenvalue weighted by molar-refractivity contribution is -0.870. The minimum absolute atomic E-state index is 0.0178. The van der Waals surface area contributed by atoms with Gasteiger partial charge in [-0.2, -0.15) is 0 Å². The van der Waals surface area contributed by atoms with Gasteiger partial charge in [-0.1, -0.05) is 259 Å². The second kappa shape index (κ2) is 54.0. The van der Waals surface area contributed by atoms with Crippen molar-refractivity contribution >= 4 is 19.8 Å². The highest BCUT2D eigenvalue weighted by molar-refractivity contribution is 7.47. The van der Waals surface area contributed by atoms with Crippen molar-refractivity contribution in [2.75, 3.05) is 47.5 Å². The minimum Gasteiger partial charge on any atom is -0.462 e. The topological polar surface area (TPSA) is 108 Å². The summed E-state index contributed by atoms with van der Waals surface area (Å²) in [6, 6.07) is 0. The fraction of sp³-hybridized carbons (Fsp3) is 0.746. The van der Waals surface area contributed by atoms with Crippen molar-refractivity contribution in [2.45, 2.75) is 258 Å². The van der Waals surface area contributed by atoms with E-state index in [1.807, 2.05) is 21.1 Å². The van der Waals surface area contributed by atoms with Gasteiger partial charge in [-0.25, -0.2) is 4.57 Å². The van der Waals surface area contributed by atoms with Gasteiger partial charge in [0.1, 0.15) is 19.8 Å². The van der Waals surface area contributed by atoms with E-state index < -0.39 is 26.5 Å². The van der Waals surface area contributed by atoms with Crippen LogP contribution in [-0.4, -0.2) is 74.9 Å². The Morgan fingerprint density at radius 1 is 0.438 bits per heavy atom. The predicted molar refractivity (Wildman–Crippen MR) is 312 cm³/mol. The average molecular weight is 1040 g/mol. The van der Waals surface area contributed by atoms with Crippen LogP contribution in [-0.2, 0) is 32.7 Å². The van der Waals surface area contributed by atoms with Crippen molar-refractivity contribution in [3.8, 4) is 0 Å². The fourth-order valence-corrected chi connectivity index (χ4v) is 8.87. The number of nitrogens with zero attached hydrogens (tertiary/aromatic N) is 1. The number of quaternary nitrogens is 1. The van der Waals surface area contributed by atoms with E-state index in [0.29, 0.717) is 23.9 Å². The molecule has 0 saturated carbocycles. The molecule has 1 N–H and O–H groups in total. The number of carbonyl (C=O) groups excluding carboxylic acids is 2. The molecule has 0 fully saturated rings. The monoisotopic (exact) mass is 1040 g/mol. The molecular weight excluding hydrogens is 930 g/mol. The zero-order chi connectivity index (χ0) is 53.5. The zero-order valence-electron chi connectivity index (χ0n) is 47.9. The molecule has 0 heterocycles. The predicted octanol–water partition coefficient (Wildman–Crippen LogP) is 18.6. The summed E-state index contributed by atoms with van der Waals surface area (Å²) in [5, 5.41) is 0. The Kier molecular flexibility index (Phi) is 51.9. The van der Waals surface area contributed by atoms with E-state index in [2.05, 4.69) is 98.9 Å². The maximum Gasteiger partial charge on any atom is 0.472 e. The molecule has 0 aliphatic heterocycles. The molecule has 0 aliphatic rings. The largest absolute Gasteiger partial charge is 0.472 e. The molecule has 9 nitrogen and oxygen atoms in total. The van der Waals surface area contributed by atoms with E-state index in [9.17, 15) is 19.0 Å². The first-order valence-electron chi connectivity index (χ1n) is 29.8. The highest BCUT2D eigenvalue weighted by atomic mass is 31.2. The molecule has 0 aromatic rings. The third-order valence-corrected chi connectivity index (χ3v) is 13.7. The molecule has 2 atom stereocenters. The summed E-state index contributed by atoms with van der Waals surface area (Å²) in [6.07, 6.45) is 72.4. The lowest BCUT2D eigenvalue weighted by Gasteiger charge is -2.24. The average Bonchev–Trinajstić information content (AvgIpc) is 3.35. The van der Waals surface area contributed by atoms with E-state index >= 15 is 0 Å². The minimum atomic E-state index is -4.41. The Bertz CT molecular complexity index is 1510. The Balaban J connectivity index is 4.22. The van der Waals surface area contributed by atoms with Crippen molar-refractivity contribution in [2.24, 2.45) is 0 Å². The third-order valence-electron chi connectivity index (χ3n) is 12.7. The molecule has 422 valence electrons. The maximum absolute atomic E-state index is 12.8. The lowest BCUT2D eigenvalue weighted by atomic mass is 10.0. The third kappa shape index (κ3) is 58.3. The first-order chi connectivity index (χ1) is 35.5. The zero-order valence-corrected chi connectivity index (χ0v) is 48.7. The normalized spacial score (nSPS) is 13.9. The van der Waals surface area contributed by atoms with Crippen molar-refractivity contribution in [3.63, 3.8) is 0 Å². The van der Waals surface area contributed by atoms with Crippen LogP contribution in [0.5, 0.6) is 0 Å². The molecule has 0 aliphatic carbocycles. The van der Waals surface area contributed by atoms with E-state index in [0.717, 1.165) is 64.2 Å². The highest BCUT2D eigenvalue weighted by Crippen LogP contribution is 2.43. The van der Waals surface area contributed by atoms with E-state index in [-0.39, 0.29) is 32.0 Å². The molecule has 73 heavy (non-hydrogen) atoms. The van der Waals surface area contributed by atoms with Gasteiger partial charge in [0.25, 0.3) is 0 Å². The van der Waals surface area contributed by atoms with Gasteiger partial charge >= 0.3 is 19.8 Å². The summed E-state index contributed by atoms with van der Waals surface area (Å²) in [7, 11) is 1.44. The number of phosphoric acid groups is 1. The summed E-state index contributed by atoms with van der Waals surface area (Å²) in [5.74, 6) is -0.863. The van der Waals surface area contributed by atoms with Crippen LogP contribution in [0.25, 0.3) is 0 Å². The van der Waals surface area contributed by atoms with Gasteiger partial charge in [-0.05, 0) is 64.2 Å². The van der Waals surface area contributed by atoms with Crippen LogP contribution in [0, 0.1) is 0 Å². The van der Waals surface area contributed by atoms with Crippen molar-refractivity contribution in [3.05, 3.63) is 85.1 Å². The second-order valence-electron chi connectivity index (χ2n) is 21.0. The SMILES string of the molecule is CC/C=C\C/C=C\C/C=C\C/C=C\C/C=C\C/C=C\C/C=C\CCCC(=O)OC(COC(=O)CCCCCCCCCCCCCCCCCCCCCCCCCCCC)COP(=O)(O)OCC[N+](C)(C)C. The van der Waals surface area contributed by atoms with Gasteiger partial charge in [0.05, 0.1) is 27.7 Å². The first kappa shape index (κ1) is 70.2. The van der Waals surface area contributed by atoms with Crippen LogP contribution in [0.4, 0.5) is 0 Å². The maximum atomic E-state index is 12.8. The number of hydrogen-bond donors (Lipinski definition) is 1. The van der Waals surface area contributed by atoms with Crippen molar-refractivity contribution < 1.29 is 42.1 Å². The highest BCUT2D eigenvalue weighted by Gasteiger charge is 2.27. The number of hydrogen-bond acceptors (Lipinski definition) is 7. The fourth-order valence-electron chi connectivity index (χ4n) is 8.12. The number of phosphoric ester groups is 1. The van der Waals surface area contributed by atoms with Crippen LogP contribution < -0.4 is 0 Å². The molecule has 0 aromatic heterocycles. The quantitative estimate of drug-likeness (QED) is 0.0211. The van der Waals surface area contributed by atoms with Gasteiger partial charge in [-0.15, -0.1) is 0 Å². The summed E-state index contributed by atoms with van der Waals surface area (Å²) in [4.78, 5) is 35.7. The molecule has 0 aromatic carbocycles. The number of carbonyl (C=O) groups is 2. The summed E-state index contributed by atoms with van der Waals surface area (Å²) in [6.45, 7) is 4.27. The van der Waals surface area contributed by atoms with Gasteiger partial charge in [0, 0.05) is 12.8 Å². The van der Waals surface area contributed by atoms with Crippen LogP contribution >= 0.6 is 7.82 Å². The summed E-state index contributed by atoms with van der Waals surface area (Å²) in [5.41, 5.74) is 0. The molecule has 0 radical (unpaired) electrons. The Hall–Kier alpha value is -2.81. The molecule has 0 spiro atoms. The number of unbranched alkanes of at least 4 members (excludes halogenated alkanes) is 26. The van der Waals surface area contributed by atoms with Crippen LogP contribution in [0.2, 0.25) is 0 Å². The molecular formula is C63H113NO8P+. The summed E-state index contributed by atoms with van der Waals surface area (Å²) >= 11 is 0. The lowest BCUT2D eigenvalue weighted by Crippen LogP contribution is -2.37. The van der Waals surface area contributed by atoms with Gasteiger partial charge in [0.15, 0.2) is 6.10 Å². The smallest absolute Gasteiger partial charge is 0.462 e. The molecule has 0 saturated heterocycles. The van der Waals surface area contributed by atoms with Crippen molar-refractivity contribution in [1.29, 1.82) is 0 Å². The second-order valence-corrected chi connectivity index (χ2v) is 22.5. The van der Waals surface area contributed by atoms with E-state index in [1.54, 1.807) is 0 Å². The van der Waals surface area contributed by atoms with Gasteiger partial charge < -0.3 is 18.9 Å². The molecule has 2 unspecified atom stereocenters. The number of ether oxygens (including phenoxy) is 2. The Morgan fingerprint density at radius 2 is 0.781 bits per heavy atom. The molecule has 0 rings (SSSR count). The number of esters is 2. The molecule has 0 bridgehead atoms. The Labute approximate surface area is 450 Å². The number of allylic oxidation sites excluding steroid dienone is 14. The van der Waals surface area contributed by atoms with Crippen LogP contribution in [0.1, 0.15) is 251 Å². The van der Waals surface area contributed by atoms with E-state index in [1.165, 1.54) is 148 Å². The number of rotatable bonds is 54. The number of likely N-dealkylation sites (N-methyl/N-ethyl adjacent to an activating group) is 1. The molecule has 0 amide bonds. The summed E-state index contributed by atoms with van der Waals surface area (Å²) < 4.78 is 34.5. The van der Waals surface area contributed by atoms with Gasteiger partial charge in [0.2, 0.25) is 0 Å². The Morgan fingerprint density at radius 3 is 1.15 bits per heavy atom. The van der Waals surface area contributed by atoms with Crippen molar-refractivity contribution in [1.82, 2.24) is 0 Å². The van der Waals surface area contributed by atoms with Crippen LogP contribution in [0.15, 0.2) is 85.1 Å². The first-order valence-corrected chi connectivity index (χ1v) is 31.3. The van der Waals surface area contributed by atoms with Gasteiger partial charge in [-0.3, -0.25) is 18.6 Å². The standard InChI is InChI=1S/C63H112NO8P/c1-6-8-10-12-14-16-18-20-22-24-26-28-30-31-32-34-35-37-39-41-43-45-47-49-51-53-55-62(65)69-59-61(60-71-73(67,68)70-58-57-64(3,4)5)72-63(66)56-54-52-50-48-46-44-42-40-38-36-33-29-27-25-23-21-19-17-15-13-11-9-7-2/h9,11,15,17,21,23,27,29,36,38,42,44,48,50,61H,6-8,10,12-14,16,18-20,22,24-26,28,30-35,37,39-41,43,45-47,49,51-60H2,1-5H3/p+1/b11-9-,17-15-,23-21-,29-27-,38-36-,44-42-,50-48-. The van der Waals surface area contributed by atoms with Crippen LogP contribution in [0.3, 0.4) is 0 Å².